The Labute approximate surface area is 127 Å². The summed E-state index contributed by atoms with van der Waals surface area (Å²) in [6.07, 6.45) is 6.90. The average molecular weight is 287 g/mol. The number of carbonyl (C=O) groups excluding carboxylic acids is 1. The Morgan fingerprint density at radius 1 is 1.33 bits per heavy atom. The lowest BCUT2D eigenvalue weighted by Crippen LogP contribution is -2.40. The van der Waals surface area contributed by atoms with Crippen LogP contribution in [0.2, 0.25) is 0 Å². The summed E-state index contributed by atoms with van der Waals surface area (Å²) in [5, 5.41) is 0. The van der Waals surface area contributed by atoms with Crippen LogP contribution >= 0.6 is 0 Å². The number of piperidine rings is 1. The van der Waals surface area contributed by atoms with Gasteiger partial charge in [-0.3, -0.25) is 4.79 Å². The number of rotatable bonds is 5. The lowest BCUT2D eigenvalue weighted by atomic mass is 9.91. The standard InChI is InChI=1S/C18H25NO2/c1-21-17-6-2-4-14(12-17)7-8-15-5-3-11-19(13-15)18(20)16-9-10-16/h2,4,6,12,15-16H,3,5,7-11,13H2,1H3. The molecule has 1 heterocycles. The molecule has 2 aliphatic rings. The van der Waals surface area contributed by atoms with Gasteiger partial charge in [-0.15, -0.1) is 0 Å². The van der Waals surface area contributed by atoms with E-state index < -0.39 is 0 Å². The van der Waals surface area contributed by atoms with E-state index in [0.29, 0.717) is 17.7 Å². The molecule has 3 nitrogen and oxygen atoms in total. The smallest absolute Gasteiger partial charge is 0.225 e. The number of hydrogen-bond acceptors (Lipinski definition) is 2. The van der Waals surface area contributed by atoms with Gasteiger partial charge >= 0.3 is 0 Å². The molecule has 0 aromatic heterocycles. The maximum atomic E-state index is 12.2. The number of hydrogen-bond donors (Lipinski definition) is 0. The van der Waals surface area contributed by atoms with Crippen LogP contribution in [0, 0.1) is 11.8 Å². The fraction of sp³-hybridized carbons (Fsp3) is 0.611. The molecule has 1 unspecified atom stereocenters. The number of amides is 1. The fourth-order valence-electron chi connectivity index (χ4n) is 3.29. The van der Waals surface area contributed by atoms with Crippen molar-refractivity contribution in [2.24, 2.45) is 11.8 Å². The van der Waals surface area contributed by atoms with Gasteiger partial charge in [0.05, 0.1) is 7.11 Å². The van der Waals surface area contributed by atoms with Crippen LogP contribution in [0.3, 0.4) is 0 Å². The molecule has 1 saturated heterocycles. The highest BCUT2D eigenvalue weighted by Gasteiger charge is 2.35. The summed E-state index contributed by atoms with van der Waals surface area (Å²) in [6, 6.07) is 8.33. The van der Waals surface area contributed by atoms with E-state index in [1.54, 1.807) is 7.11 Å². The number of methoxy groups -OCH3 is 1. The Morgan fingerprint density at radius 3 is 2.95 bits per heavy atom. The van der Waals surface area contributed by atoms with Crippen molar-refractivity contribution in [2.45, 2.75) is 38.5 Å². The van der Waals surface area contributed by atoms with Gasteiger partial charge in [-0.25, -0.2) is 0 Å². The van der Waals surface area contributed by atoms with Crippen molar-refractivity contribution < 1.29 is 9.53 Å². The topological polar surface area (TPSA) is 29.5 Å². The molecule has 0 bridgehead atoms. The van der Waals surface area contributed by atoms with Gasteiger partial charge in [-0.1, -0.05) is 12.1 Å². The molecule has 1 aliphatic carbocycles. The Bertz CT molecular complexity index is 496. The molecule has 114 valence electrons. The van der Waals surface area contributed by atoms with Crippen molar-refractivity contribution in [3.63, 3.8) is 0 Å². The molecule has 1 atom stereocenters. The van der Waals surface area contributed by atoms with Crippen molar-refractivity contribution >= 4 is 5.91 Å². The highest BCUT2D eigenvalue weighted by Crippen LogP contribution is 2.33. The van der Waals surface area contributed by atoms with E-state index in [1.807, 2.05) is 6.07 Å². The van der Waals surface area contributed by atoms with Gasteiger partial charge in [-0.2, -0.15) is 0 Å². The summed E-state index contributed by atoms with van der Waals surface area (Å²) in [4.78, 5) is 14.3. The Hall–Kier alpha value is -1.51. The Morgan fingerprint density at radius 2 is 2.19 bits per heavy atom. The minimum absolute atomic E-state index is 0.363. The second-order valence-corrected chi connectivity index (χ2v) is 6.46. The van der Waals surface area contributed by atoms with Crippen LogP contribution in [0.25, 0.3) is 0 Å². The third-order valence-corrected chi connectivity index (χ3v) is 4.73. The van der Waals surface area contributed by atoms with Crippen LogP contribution in [0.5, 0.6) is 5.75 Å². The number of nitrogens with zero attached hydrogens (tertiary/aromatic N) is 1. The molecule has 0 radical (unpaired) electrons. The van der Waals surface area contributed by atoms with Gasteiger partial charge in [-0.05, 0) is 62.1 Å². The predicted octanol–water partition coefficient (Wildman–Crippen LogP) is 3.28. The highest BCUT2D eigenvalue weighted by molar-refractivity contribution is 5.81. The van der Waals surface area contributed by atoms with Crippen molar-refractivity contribution in [1.29, 1.82) is 0 Å². The minimum Gasteiger partial charge on any atom is -0.497 e. The quantitative estimate of drug-likeness (QED) is 0.832. The molecular weight excluding hydrogens is 262 g/mol. The Balaban J connectivity index is 1.51. The molecule has 1 saturated carbocycles. The zero-order valence-electron chi connectivity index (χ0n) is 12.9. The normalized spacial score (nSPS) is 22.1. The number of likely N-dealkylation sites (tertiary alicyclic amines) is 1. The van der Waals surface area contributed by atoms with E-state index in [2.05, 4.69) is 23.1 Å². The van der Waals surface area contributed by atoms with Crippen molar-refractivity contribution in [2.75, 3.05) is 20.2 Å². The number of carbonyl (C=O) groups is 1. The minimum atomic E-state index is 0.363. The summed E-state index contributed by atoms with van der Waals surface area (Å²) in [5.74, 6) is 2.37. The van der Waals surface area contributed by atoms with Crippen LogP contribution in [0.4, 0.5) is 0 Å². The summed E-state index contributed by atoms with van der Waals surface area (Å²) < 4.78 is 5.28. The van der Waals surface area contributed by atoms with Crippen LogP contribution in [0.15, 0.2) is 24.3 Å². The lowest BCUT2D eigenvalue weighted by Gasteiger charge is -2.33. The van der Waals surface area contributed by atoms with Gasteiger partial charge in [0.25, 0.3) is 0 Å². The van der Waals surface area contributed by atoms with Crippen molar-refractivity contribution in [3.8, 4) is 5.75 Å². The highest BCUT2D eigenvalue weighted by atomic mass is 16.5. The van der Waals surface area contributed by atoms with Gasteiger partial charge in [0.15, 0.2) is 0 Å². The molecule has 0 N–H and O–H groups in total. The van der Waals surface area contributed by atoms with Gasteiger partial charge < -0.3 is 9.64 Å². The van der Waals surface area contributed by atoms with Gasteiger partial charge in [0, 0.05) is 19.0 Å². The summed E-state index contributed by atoms with van der Waals surface area (Å²) in [5.41, 5.74) is 1.33. The SMILES string of the molecule is COc1cccc(CCC2CCCN(C(=O)C3CC3)C2)c1. The van der Waals surface area contributed by atoms with Gasteiger partial charge in [0.1, 0.15) is 5.75 Å². The number of benzene rings is 1. The third-order valence-electron chi connectivity index (χ3n) is 4.73. The first-order valence-corrected chi connectivity index (χ1v) is 8.18. The zero-order chi connectivity index (χ0) is 14.7. The largest absolute Gasteiger partial charge is 0.497 e. The van der Waals surface area contributed by atoms with Crippen LogP contribution in [0.1, 0.15) is 37.7 Å². The summed E-state index contributed by atoms with van der Waals surface area (Å²) in [7, 11) is 1.71. The third kappa shape index (κ3) is 3.78. The maximum absolute atomic E-state index is 12.2. The molecule has 2 fully saturated rings. The molecular formula is C18H25NO2. The second-order valence-electron chi connectivity index (χ2n) is 6.46. The summed E-state index contributed by atoms with van der Waals surface area (Å²) in [6.45, 7) is 1.95. The van der Waals surface area contributed by atoms with E-state index in [-0.39, 0.29) is 0 Å². The van der Waals surface area contributed by atoms with E-state index in [4.69, 9.17) is 4.74 Å². The lowest BCUT2D eigenvalue weighted by molar-refractivity contribution is -0.134. The molecule has 21 heavy (non-hydrogen) atoms. The molecule has 3 heteroatoms. The molecule has 0 spiro atoms. The average Bonchev–Trinajstić information content (AvgIpc) is 3.37. The monoisotopic (exact) mass is 287 g/mol. The van der Waals surface area contributed by atoms with E-state index >= 15 is 0 Å². The molecule has 1 aliphatic heterocycles. The maximum Gasteiger partial charge on any atom is 0.225 e. The Kier molecular flexibility index (Phi) is 4.47. The first kappa shape index (κ1) is 14.4. The number of ether oxygens (including phenoxy) is 1. The van der Waals surface area contributed by atoms with Crippen molar-refractivity contribution in [3.05, 3.63) is 29.8 Å². The first-order chi connectivity index (χ1) is 10.3. The van der Waals surface area contributed by atoms with Gasteiger partial charge in [0.2, 0.25) is 5.91 Å². The second kappa shape index (κ2) is 6.50. The molecule has 1 aromatic rings. The van der Waals surface area contributed by atoms with Crippen molar-refractivity contribution in [1.82, 2.24) is 4.90 Å². The number of aryl methyl sites for hydroxylation is 1. The molecule has 3 rings (SSSR count). The first-order valence-electron chi connectivity index (χ1n) is 8.18. The molecule has 1 aromatic carbocycles. The van der Waals surface area contributed by atoms with E-state index in [1.165, 1.54) is 24.8 Å². The fourth-order valence-corrected chi connectivity index (χ4v) is 3.29. The van der Waals surface area contributed by atoms with Crippen LogP contribution in [-0.4, -0.2) is 31.0 Å². The molecule has 1 amide bonds. The van der Waals surface area contributed by atoms with Crippen LogP contribution < -0.4 is 4.74 Å². The summed E-state index contributed by atoms with van der Waals surface area (Å²) >= 11 is 0. The zero-order valence-corrected chi connectivity index (χ0v) is 12.9. The predicted molar refractivity (Wildman–Crippen MR) is 83.3 cm³/mol. The van der Waals surface area contributed by atoms with Crippen LogP contribution in [-0.2, 0) is 11.2 Å². The van der Waals surface area contributed by atoms with E-state index in [9.17, 15) is 4.79 Å². The van der Waals surface area contributed by atoms with E-state index in [0.717, 1.165) is 38.1 Å².